The summed E-state index contributed by atoms with van der Waals surface area (Å²) in [5.41, 5.74) is 15.7. The summed E-state index contributed by atoms with van der Waals surface area (Å²) in [6.07, 6.45) is 25.8. The zero-order valence-electron chi connectivity index (χ0n) is 90.7. The molecule has 0 bridgehead atoms. The topological polar surface area (TPSA) is 148 Å². The predicted molar refractivity (Wildman–Crippen MR) is 466 cm³/mol. The van der Waals surface area contributed by atoms with Gasteiger partial charge in [-0.2, -0.15) is 48.0 Å². The molecule has 675 valence electrons. The van der Waals surface area contributed by atoms with E-state index in [0.717, 1.165) is 45.4 Å². The number of anilines is 2. The molecule has 0 aliphatic heterocycles. The molecule has 7 heterocycles. The van der Waals surface area contributed by atoms with Crippen LogP contribution in [0, 0.1) is 67.5 Å². The maximum absolute atomic E-state index is 3.98. The average molecular weight is 4190 g/mol. The molecule has 1 aliphatic carbocycles. The molecule has 7 aromatic heterocycles. The molecule has 0 saturated heterocycles. The van der Waals surface area contributed by atoms with Gasteiger partial charge >= 0.3 is 0 Å². The first kappa shape index (κ1) is 281. The fourth-order valence-electron chi connectivity index (χ4n) is 6.96. The number of fused-ring (bicyclic) bond motifs is 3. The largest absolute Gasteiger partial charge is 0.391 e. The second-order valence-electron chi connectivity index (χ2n) is 19.5. The van der Waals surface area contributed by atoms with E-state index in [1.54, 1.807) is 80.4 Å². The molecule has 0 amide bonds. The third-order valence-electron chi connectivity index (χ3n) is 11.1. The Hall–Kier alpha value is 24.6. The maximum Gasteiger partial charge on any atom is 0.125 e. The third kappa shape index (κ3) is 188. The monoisotopic (exact) mass is 4190 g/mol. The van der Waals surface area contributed by atoms with Crippen LogP contribution in [0.25, 0.3) is 11.1 Å². The minimum absolute atomic E-state index is 0. The Morgan fingerprint density at radius 3 is 0.801 bits per heavy atom. The Morgan fingerprint density at radius 1 is 0.235 bits per heavy atom. The summed E-state index contributed by atoms with van der Waals surface area (Å²) in [5, 5.41) is 0. The molecule has 0 saturated carbocycles. The number of benzene rings is 4. The maximum atomic E-state index is 3.98. The number of nitrogens with zero attached hydrogens (tertiary/aromatic N) is 13. The second kappa shape index (κ2) is 235. The van der Waals surface area contributed by atoms with Crippen LogP contribution < -0.4 is 4.90 Å². The third-order valence-corrected chi connectivity index (χ3v) is 11.1. The molecule has 0 unspecified atom stereocenters. The number of aromatic nitrogens is 11. The van der Waals surface area contributed by atoms with E-state index in [-0.39, 0.29) is 1020 Å². The average Bonchev–Trinajstić information content (AvgIpc) is 1.59. The van der Waals surface area contributed by atoms with Gasteiger partial charge in [-0.25, -0.2) is 29.9 Å². The van der Waals surface area contributed by atoms with E-state index in [1.165, 1.54) is 46.0 Å². The van der Waals surface area contributed by atoms with E-state index < -0.39 is 0 Å². The summed E-state index contributed by atoms with van der Waals surface area (Å²) in [6, 6.07) is 55.4. The van der Waals surface area contributed by atoms with Gasteiger partial charge in [0.25, 0.3) is 0 Å². The number of hydrogen-bond donors (Lipinski definition) is 0. The van der Waals surface area contributed by atoms with Crippen LogP contribution in [-0.4, -0.2) is 87.9 Å². The van der Waals surface area contributed by atoms with Crippen LogP contribution in [0.3, 0.4) is 0 Å². The fraction of sp³-hybridized carbons (Fsp3) is 0.402. The van der Waals surface area contributed by atoms with Crippen molar-refractivity contribution in [3.05, 3.63) is 307 Å². The SMILES string of the molecule is CC.CC.CC.CC.CC.CC.CC.CC.CC.CC.CC.CC1(C)c2ccccc2-c2ccccc21.CN(C)C.Cc1[c-]c(N(C)c2[c-]cccc2)ccc1.Cc1ccccn1.Cc1cccnc1.Cc1ccncc1.Cc1ccncn1.Cc1cnccn1.Cc1cncnc1.Cc1ncccn1.[Y].[Y].[Y].[Y].[Y].[Y].[Y].[Y].[Y].[Y].[Y].[Y].[Y].[Y].[Y].[Y].[Y].[Y].[Y].[Y].[Y].[Y].[Y].[Y].[Y].[Y].[Y].[Y].[Y].[Y].[Y]. The van der Waals surface area contributed by atoms with Gasteiger partial charge in [-0.3, -0.25) is 24.9 Å². The molecule has 44 heteroatoms. The Bertz CT molecular complexity index is 3020. The van der Waals surface area contributed by atoms with Crippen LogP contribution in [0.5, 0.6) is 0 Å². The standard InChI is InChI=1S/C15H14.C14H13N.3C6H7N.4C5H6N2.C3H9N.11C2H6.31Y/c1-15(2)13-9-5-3-7-11(13)12-8-4-6-10-14(12)15;1-12-7-6-10-14(11-12)15(2)13-8-4-3-5-9-13;1-6-2-4-7-5-3-6;1-6-3-2-4-7-5-6;1-6-4-2-3-5-7-6;1-5-2-6-4-7-3-5;1-5-4-6-2-3-7-5;1-5-2-3-6-4-7-5;1-5-6-3-2-4-7-5;1-4(2)3;11*1-2;;;;;;;;;;;;;;;;;;;;;;;;;;;;;;;/h3-10H,1-2H3;3-8,10H,1-2H3;3*2-5H,1H3;4*2-4H,1H3;1-3H3;11*1-2H3;;;;;;;;;;;;;;;;;;;;;;;;;;;;;;;/q;-2;;;;;;;;;;;;;;;;;;;;;;;;;;;;;;;;;;;;;;;;;;;;;;;;;;. The van der Waals surface area contributed by atoms with Crippen molar-refractivity contribution < 1.29 is 1010 Å². The van der Waals surface area contributed by atoms with Crippen LogP contribution in [0.2, 0.25) is 0 Å². The Morgan fingerprint density at radius 2 is 0.574 bits per heavy atom. The van der Waals surface area contributed by atoms with Gasteiger partial charge in [0.15, 0.2) is 0 Å². The Kier molecular flexibility index (Phi) is 487. The van der Waals surface area contributed by atoms with Crippen LogP contribution in [0.4, 0.5) is 11.4 Å². The molecule has 4 aromatic carbocycles. The molecular weight excluding hydrogens is 4040 g/mol. The molecule has 136 heavy (non-hydrogen) atoms. The normalized spacial score (nSPS) is 6.74. The van der Waals surface area contributed by atoms with Crippen molar-refractivity contribution in [3.63, 3.8) is 0 Å². The predicted octanol–water partition coefficient (Wildman–Crippen LogP) is 26.1. The molecule has 0 N–H and O–H groups in total. The molecule has 11 aromatic rings. The molecular formula is C92H147N13Y31-2. The van der Waals surface area contributed by atoms with Crippen molar-refractivity contribution in [3.8, 4) is 11.1 Å². The summed E-state index contributed by atoms with van der Waals surface area (Å²) >= 11 is 0. The number of hydrogen-bond acceptors (Lipinski definition) is 13. The van der Waals surface area contributed by atoms with Gasteiger partial charge in [-0.15, -0.1) is 12.1 Å². The van der Waals surface area contributed by atoms with Gasteiger partial charge < -0.3 is 9.80 Å². The first-order valence-electron chi connectivity index (χ1n) is 38.0. The van der Waals surface area contributed by atoms with E-state index in [9.17, 15) is 0 Å². The van der Waals surface area contributed by atoms with E-state index in [2.05, 4.69) is 134 Å². The van der Waals surface area contributed by atoms with Gasteiger partial charge in [0.05, 0.1) is 5.69 Å². The minimum atomic E-state index is 0. The van der Waals surface area contributed by atoms with Crippen LogP contribution >= 0.6 is 0 Å². The quantitative estimate of drug-likeness (QED) is 0.151. The summed E-state index contributed by atoms with van der Waals surface area (Å²) in [5.74, 6) is 0.822. The van der Waals surface area contributed by atoms with Crippen molar-refractivity contribution >= 4 is 11.4 Å². The summed E-state index contributed by atoms with van der Waals surface area (Å²) in [7, 11) is 8.02. The Labute approximate surface area is 1620 Å². The van der Waals surface area contributed by atoms with Crippen LogP contribution in [0.15, 0.2) is 239 Å². The van der Waals surface area contributed by atoms with E-state index >= 15 is 0 Å². The van der Waals surface area contributed by atoms with Crippen molar-refractivity contribution in [1.29, 1.82) is 0 Å². The molecule has 0 spiro atoms. The van der Waals surface area contributed by atoms with Crippen LogP contribution in [-0.2, 0) is 1020 Å². The van der Waals surface area contributed by atoms with Crippen molar-refractivity contribution in [2.24, 2.45) is 0 Å². The molecule has 0 fully saturated rings. The summed E-state index contributed by atoms with van der Waals surface area (Å²) < 4.78 is 0. The molecule has 13 nitrogen and oxygen atoms in total. The number of rotatable bonds is 2. The summed E-state index contributed by atoms with van der Waals surface area (Å²) in [6.45, 7) is 64.4. The van der Waals surface area contributed by atoms with E-state index in [4.69, 9.17) is 0 Å². The van der Waals surface area contributed by atoms with Gasteiger partial charge in [0.1, 0.15) is 18.5 Å². The smallest absolute Gasteiger partial charge is 0.125 e. The number of aryl methyl sites for hydroxylation is 8. The second-order valence-corrected chi connectivity index (χ2v) is 19.5. The molecule has 31 radical (unpaired) electrons. The minimum Gasteiger partial charge on any atom is -0.391 e. The van der Waals surface area contributed by atoms with E-state index in [0.29, 0.717) is 0 Å². The number of para-hydroxylation sites is 1. The molecule has 1 aliphatic rings. The zero-order valence-corrected chi connectivity index (χ0v) is 179. The van der Waals surface area contributed by atoms with Gasteiger partial charge in [-0.05, 0) is 151 Å². The zero-order chi connectivity index (χ0) is 82.5. The van der Waals surface area contributed by atoms with Gasteiger partial charge in [0, 0.05) is 1120 Å². The first-order valence-corrected chi connectivity index (χ1v) is 38.0. The van der Waals surface area contributed by atoms with Crippen molar-refractivity contribution in [1.82, 2.24) is 59.7 Å². The van der Waals surface area contributed by atoms with Crippen LogP contribution in [0.1, 0.15) is 222 Å². The van der Waals surface area contributed by atoms with Crippen molar-refractivity contribution in [2.75, 3.05) is 33.1 Å². The van der Waals surface area contributed by atoms with Crippen molar-refractivity contribution in [2.45, 2.75) is 227 Å². The molecule has 0 atom stereocenters. The van der Waals surface area contributed by atoms with E-state index in [1.807, 2.05) is 338 Å². The van der Waals surface area contributed by atoms with Gasteiger partial charge in [0.2, 0.25) is 0 Å². The first-order chi connectivity index (χ1) is 51.0. The Balaban J connectivity index is -0.0000000191. The number of pyridine rings is 3. The fourth-order valence-corrected chi connectivity index (χ4v) is 6.96. The molecule has 12 rings (SSSR count). The summed E-state index contributed by atoms with van der Waals surface area (Å²) in [4.78, 5) is 46.4. The van der Waals surface area contributed by atoms with Gasteiger partial charge in [-0.1, -0.05) is 245 Å².